The molecule has 110 valence electrons. The van der Waals surface area contributed by atoms with Crippen molar-refractivity contribution in [3.05, 3.63) is 52.3 Å². The summed E-state index contributed by atoms with van der Waals surface area (Å²) in [6.45, 7) is 0.303. The van der Waals surface area contributed by atoms with Gasteiger partial charge in [0.15, 0.2) is 0 Å². The number of fused-ring (bicyclic) bond motifs is 1. The average molecular weight is 371 g/mol. The zero-order valence-corrected chi connectivity index (χ0v) is 13.3. The number of hydrogen-bond donors (Lipinski definition) is 1. The molecule has 2 aromatic rings. The van der Waals surface area contributed by atoms with E-state index >= 15 is 0 Å². The summed E-state index contributed by atoms with van der Waals surface area (Å²) >= 11 is 3.08. The monoisotopic (exact) mass is 370 g/mol. The molecular weight excluding hydrogens is 359 g/mol. The molecule has 7 heteroatoms. The Morgan fingerprint density at radius 1 is 1.24 bits per heavy atom. The molecule has 0 aliphatic carbocycles. The molecule has 21 heavy (non-hydrogen) atoms. The van der Waals surface area contributed by atoms with Crippen molar-refractivity contribution in [2.24, 2.45) is 0 Å². The van der Waals surface area contributed by atoms with Crippen LogP contribution in [0.15, 0.2) is 45.8 Å². The molecule has 2 aromatic carbocycles. The van der Waals surface area contributed by atoms with Gasteiger partial charge in [-0.05, 0) is 46.1 Å². The van der Waals surface area contributed by atoms with Crippen molar-refractivity contribution < 1.29 is 12.8 Å². The smallest absolute Gasteiger partial charge is 0.267 e. The number of hydrogen-bond acceptors (Lipinski definition) is 3. The number of nitrogen functional groups attached to an aromatic ring is 1. The predicted octanol–water partition coefficient (Wildman–Crippen LogP) is 2.92. The Morgan fingerprint density at radius 3 is 2.71 bits per heavy atom. The molecular formula is C14H12BrFN2O2S. The van der Waals surface area contributed by atoms with E-state index in [9.17, 15) is 12.8 Å². The second-order valence-corrected chi connectivity index (χ2v) is 7.45. The zero-order chi connectivity index (χ0) is 15.2. The predicted molar refractivity (Wildman–Crippen MR) is 83.2 cm³/mol. The van der Waals surface area contributed by atoms with E-state index in [0.29, 0.717) is 23.1 Å². The topological polar surface area (TPSA) is 63.4 Å². The first-order valence-corrected chi connectivity index (χ1v) is 8.50. The third-order valence-corrected chi connectivity index (χ3v) is 5.98. The SMILES string of the molecule is Nc1cc(S(=O)(=O)N2CCc3ccccc32)c(F)cc1Br. The summed E-state index contributed by atoms with van der Waals surface area (Å²) in [7, 11) is -3.96. The van der Waals surface area contributed by atoms with Crippen molar-refractivity contribution in [2.75, 3.05) is 16.6 Å². The van der Waals surface area contributed by atoms with Crippen LogP contribution in [0.2, 0.25) is 0 Å². The fourth-order valence-corrected chi connectivity index (χ4v) is 4.32. The number of sulfonamides is 1. The van der Waals surface area contributed by atoms with E-state index in [1.54, 1.807) is 12.1 Å². The Balaban J connectivity index is 2.13. The lowest BCUT2D eigenvalue weighted by Gasteiger charge is -2.20. The summed E-state index contributed by atoms with van der Waals surface area (Å²) in [5.74, 6) is -0.819. The van der Waals surface area contributed by atoms with Crippen LogP contribution in [-0.2, 0) is 16.4 Å². The number of nitrogens with two attached hydrogens (primary N) is 1. The third kappa shape index (κ3) is 2.30. The number of rotatable bonds is 2. The summed E-state index contributed by atoms with van der Waals surface area (Å²) in [5.41, 5.74) is 7.40. The van der Waals surface area contributed by atoms with Crippen LogP contribution in [0.4, 0.5) is 15.8 Å². The van der Waals surface area contributed by atoms with E-state index in [0.717, 1.165) is 17.7 Å². The standard InChI is InChI=1S/C14H12BrFN2O2S/c15-10-7-11(16)14(8-12(10)17)21(19,20)18-6-5-9-3-1-2-4-13(9)18/h1-4,7-8H,5-6,17H2. The second-order valence-electron chi connectivity index (χ2n) is 4.76. The number of benzene rings is 2. The molecule has 0 amide bonds. The fraction of sp³-hybridized carbons (Fsp3) is 0.143. The Kier molecular flexibility index (Phi) is 3.41. The van der Waals surface area contributed by atoms with E-state index in [2.05, 4.69) is 15.9 Å². The van der Waals surface area contributed by atoms with Gasteiger partial charge >= 0.3 is 0 Å². The molecule has 0 radical (unpaired) electrons. The van der Waals surface area contributed by atoms with Crippen LogP contribution in [-0.4, -0.2) is 15.0 Å². The van der Waals surface area contributed by atoms with Crippen molar-refractivity contribution in [3.8, 4) is 0 Å². The normalized spacial score (nSPS) is 14.3. The zero-order valence-electron chi connectivity index (χ0n) is 10.9. The van der Waals surface area contributed by atoms with Gasteiger partial charge in [0.1, 0.15) is 10.7 Å². The van der Waals surface area contributed by atoms with Crippen LogP contribution in [0.5, 0.6) is 0 Å². The van der Waals surface area contributed by atoms with Crippen molar-refractivity contribution in [2.45, 2.75) is 11.3 Å². The van der Waals surface area contributed by atoms with Gasteiger partial charge in [-0.2, -0.15) is 0 Å². The third-order valence-electron chi connectivity index (χ3n) is 3.46. The minimum absolute atomic E-state index is 0.183. The van der Waals surface area contributed by atoms with Gasteiger partial charge in [0.05, 0.1) is 5.69 Å². The molecule has 0 fully saturated rings. The summed E-state index contributed by atoms with van der Waals surface area (Å²) in [5, 5.41) is 0. The van der Waals surface area contributed by atoms with E-state index in [4.69, 9.17) is 5.73 Å². The van der Waals surface area contributed by atoms with Crippen molar-refractivity contribution >= 4 is 37.3 Å². The number of anilines is 2. The number of para-hydroxylation sites is 1. The van der Waals surface area contributed by atoms with Crippen LogP contribution in [0.1, 0.15) is 5.56 Å². The minimum atomic E-state index is -3.96. The highest BCUT2D eigenvalue weighted by Gasteiger charge is 2.32. The van der Waals surface area contributed by atoms with Crippen LogP contribution in [0.25, 0.3) is 0 Å². The Morgan fingerprint density at radius 2 is 1.95 bits per heavy atom. The quantitative estimate of drug-likeness (QED) is 0.826. The van der Waals surface area contributed by atoms with Crippen molar-refractivity contribution in [1.82, 2.24) is 0 Å². The minimum Gasteiger partial charge on any atom is -0.398 e. The van der Waals surface area contributed by atoms with Gasteiger partial charge in [-0.25, -0.2) is 12.8 Å². The van der Waals surface area contributed by atoms with Gasteiger partial charge in [0.25, 0.3) is 10.0 Å². The summed E-state index contributed by atoms with van der Waals surface area (Å²) in [6, 6.07) is 9.43. The molecule has 1 aliphatic heterocycles. The number of halogens is 2. The van der Waals surface area contributed by atoms with E-state index in [-0.39, 0.29) is 5.69 Å². The molecule has 4 nitrogen and oxygen atoms in total. The molecule has 0 unspecified atom stereocenters. The van der Waals surface area contributed by atoms with Gasteiger partial charge < -0.3 is 5.73 Å². The van der Waals surface area contributed by atoms with Crippen LogP contribution < -0.4 is 10.0 Å². The van der Waals surface area contributed by atoms with Gasteiger partial charge in [-0.15, -0.1) is 0 Å². The van der Waals surface area contributed by atoms with E-state index in [1.165, 1.54) is 4.31 Å². The lowest BCUT2D eigenvalue weighted by Crippen LogP contribution is -2.30. The van der Waals surface area contributed by atoms with Crippen molar-refractivity contribution in [3.63, 3.8) is 0 Å². The highest BCUT2D eigenvalue weighted by molar-refractivity contribution is 9.10. The molecule has 0 aromatic heterocycles. The molecule has 0 saturated carbocycles. The first-order valence-electron chi connectivity index (χ1n) is 6.26. The number of nitrogens with zero attached hydrogens (tertiary/aromatic N) is 1. The maximum absolute atomic E-state index is 14.1. The van der Waals surface area contributed by atoms with Gasteiger partial charge in [0, 0.05) is 16.7 Å². The van der Waals surface area contributed by atoms with Crippen LogP contribution >= 0.6 is 15.9 Å². The largest absolute Gasteiger partial charge is 0.398 e. The van der Waals surface area contributed by atoms with Gasteiger partial charge in [0.2, 0.25) is 0 Å². The molecule has 1 aliphatic rings. The van der Waals surface area contributed by atoms with E-state index < -0.39 is 20.7 Å². The summed E-state index contributed by atoms with van der Waals surface area (Å²) in [4.78, 5) is -0.403. The molecule has 3 rings (SSSR count). The maximum atomic E-state index is 14.1. The first kappa shape index (κ1) is 14.3. The highest BCUT2D eigenvalue weighted by atomic mass is 79.9. The van der Waals surface area contributed by atoms with Gasteiger partial charge in [-0.3, -0.25) is 4.31 Å². The van der Waals surface area contributed by atoms with E-state index in [1.807, 2.05) is 12.1 Å². The lowest BCUT2D eigenvalue weighted by atomic mass is 10.2. The lowest BCUT2D eigenvalue weighted by molar-refractivity contribution is 0.564. The second kappa shape index (κ2) is 4.99. The average Bonchev–Trinajstić information content (AvgIpc) is 2.87. The molecule has 0 spiro atoms. The molecule has 0 saturated heterocycles. The fourth-order valence-electron chi connectivity index (χ4n) is 2.42. The highest BCUT2D eigenvalue weighted by Crippen LogP contribution is 2.35. The van der Waals surface area contributed by atoms with Crippen molar-refractivity contribution in [1.29, 1.82) is 0 Å². The maximum Gasteiger partial charge on any atom is 0.267 e. The molecule has 0 bridgehead atoms. The van der Waals surface area contributed by atoms with Gasteiger partial charge in [-0.1, -0.05) is 18.2 Å². The molecule has 0 atom stereocenters. The summed E-state index contributed by atoms with van der Waals surface area (Å²) < 4.78 is 41.0. The van der Waals surface area contributed by atoms with Crippen LogP contribution in [0.3, 0.4) is 0 Å². The first-order chi connectivity index (χ1) is 9.91. The Labute approximate surface area is 130 Å². The summed E-state index contributed by atoms with van der Waals surface area (Å²) in [6.07, 6.45) is 0.614. The van der Waals surface area contributed by atoms with Crippen LogP contribution in [0, 0.1) is 5.82 Å². The molecule has 2 N–H and O–H groups in total. The molecule has 1 heterocycles. The Hall–Kier alpha value is -1.60. The Bertz CT molecular complexity index is 824.